The van der Waals surface area contributed by atoms with Crippen LogP contribution in [0.5, 0.6) is 11.5 Å². The Balaban J connectivity index is 0.00000480. The number of halogens is 1. The lowest BCUT2D eigenvalue weighted by molar-refractivity contribution is -0.127. The Morgan fingerprint density at radius 2 is 1.74 bits per heavy atom. The highest BCUT2D eigenvalue weighted by Crippen LogP contribution is 2.27. The second kappa shape index (κ2) is 14.8. The van der Waals surface area contributed by atoms with Crippen molar-refractivity contribution in [2.45, 2.75) is 11.4 Å². The molecule has 0 saturated carbocycles. The van der Waals surface area contributed by atoms with Crippen molar-refractivity contribution in [3.05, 3.63) is 54.1 Å². The van der Waals surface area contributed by atoms with E-state index in [0.717, 1.165) is 11.3 Å². The SMILES string of the molecule is COc1ccc(CN=C(NCCSc2ccccc2)NCC(=O)N(C)C)cc1OC.I. The first-order chi connectivity index (χ1) is 14.5. The van der Waals surface area contributed by atoms with Crippen LogP contribution in [0.25, 0.3) is 0 Å². The van der Waals surface area contributed by atoms with Gasteiger partial charge < -0.3 is 25.0 Å². The van der Waals surface area contributed by atoms with Crippen LogP contribution in [-0.4, -0.2) is 63.9 Å². The summed E-state index contributed by atoms with van der Waals surface area (Å²) in [6, 6.07) is 15.9. The second-order valence-electron chi connectivity index (χ2n) is 6.58. The van der Waals surface area contributed by atoms with Crippen LogP contribution in [0.3, 0.4) is 0 Å². The van der Waals surface area contributed by atoms with Crippen LogP contribution in [0.1, 0.15) is 5.56 Å². The molecule has 2 N–H and O–H groups in total. The van der Waals surface area contributed by atoms with E-state index in [9.17, 15) is 4.79 Å². The third kappa shape index (κ3) is 9.69. The molecule has 9 heteroatoms. The number of methoxy groups -OCH3 is 2. The van der Waals surface area contributed by atoms with E-state index < -0.39 is 0 Å². The standard InChI is InChI=1S/C22H30N4O3S.HI/c1-26(2)21(27)16-25-22(23-12-13-30-18-8-6-5-7-9-18)24-15-17-10-11-19(28-3)20(14-17)29-4;/h5-11,14H,12-13,15-16H2,1-4H3,(H2,23,24,25);1H. The number of likely N-dealkylation sites (N-methyl/N-ethyl adjacent to an activating group) is 1. The van der Waals surface area contributed by atoms with Crippen molar-refractivity contribution < 1.29 is 14.3 Å². The first-order valence-corrected chi connectivity index (χ1v) is 10.6. The molecule has 0 aliphatic heterocycles. The summed E-state index contributed by atoms with van der Waals surface area (Å²) >= 11 is 1.76. The number of carbonyl (C=O) groups is 1. The second-order valence-corrected chi connectivity index (χ2v) is 7.75. The number of nitrogens with one attached hydrogen (secondary N) is 2. The number of aliphatic imine (C=N–C) groups is 1. The first-order valence-electron chi connectivity index (χ1n) is 9.64. The molecule has 0 unspecified atom stereocenters. The number of ether oxygens (including phenoxy) is 2. The molecule has 0 bridgehead atoms. The molecular formula is C22H31IN4O3S. The highest BCUT2D eigenvalue weighted by Gasteiger charge is 2.07. The Morgan fingerprint density at radius 3 is 2.39 bits per heavy atom. The molecule has 0 heterocycles. The molecule has 1 amide bonds. The van der Waals surface area contributed by atoms with E-state index in [1.807, 2.05) is 36.4 Å². The molecule has 7 nitrogen and oxygen atoms in total. The maximum Gasteiger partial charge on any atom is 0.241 e. The number of nitrogens with zero attached hydrogens (tertiary/aromatic N) is 2. The zero-order valence-electron chi connectivity index (χ0n) is 18.4. The Kier molecular flexibility index (Phi) is 12.8. The van der Waals surface area contributed by atoms with Crippen LogP contribution in [0.4, 0.5) is 0 Å². The van der Waals surface area contributed by atoms with Gasteiger partial charge in [0.1, 0.15) is 0 Å². The Bertz CT molecular complexity index is 835. The molecule has 0 saturated heterocycles. The molecule has 31 heavy (non-hydrogen) atoms. The summed E-state index contributed by atoms with van der Waals surface area (Å²) in [6.07, 6.45) is 0. The van der Waals surface area contributed by atoms with Gasteiger partial charge in [-0.2, -0.15) is 0 Å². The summed E-state index contributed by atoms with van der Waals surface area (Å²) in [5, 5.41) is 6.40. The van der Waals surface area contributed by atoms with Gasteiger partial charge in [0.25, 0.3) is 0 Å². The van der Waals surface area contributed by atoms with Crippen molar-refractivity contribution in [3.8, 4) is 11.5 Å². The van der Waals surface area contributed by atoms with Gasteiger partial charge in [0.2, 0.25) is 5.91 Å². The Hall–Kier alpha value is -2.14. The Labute approximate surface area is 206 Å². The minimum absolute atomic E-state index is 0. The minimum Gasteiger partial charge on any atom is -0.493 e. The zero-order valence-corrected chi connectivity index (χ0v) is 21.5. The van der Waals surface area contributed by atoms with Crippen LogP contribution in [0.15, 0.2) is 58.4 Å². The lowest BCUT2D eigenvalue weighted by atomic mass is 10.2. The van der Waals surface area contributed by atoms with Crippen molar-refractivity contribution >= 4 is 47.6 Å². The summed E-state index contributed by atoms with van der Waals surface area (Å²) in [7, 11) is 6.68. The third-order valence-corrected chi connectivity index (χ3v) is 5.19. The van der Waals surface area contributed by atoms with Gasteiger partial charge in [-0.3, -0.25) is 4.79 Å². The molecule has 0 aliphatic rings. The van der Waals surface area contributed by atoms with Crippen LogP contribution in [-0.2, 0) is 11.3 Å². The molecule has 0 radical (unpaired) electrons. The van der Waals surface area contributed by atoms with E-state index in [-0.39, 0.29) is 36.4 Å². The van der Waals surface area contributed by atoms with Gasteiger partial charge in [-0.15, -0.1) is 35.7 Å². The summed E-state index contributed by atoms with van der Waals surface area (Å²) in [4.78, 5) is 19.3. The average Bonchev–Trinajstić information content (AvgIpc) is 2.77. The monoisotopic (exact) mass is 558 g/mol. The molecule has 2 aromatic rings. The molecule has 0 aromatic heterocycles. The molecule has 2 rings (SSSR count). The van der Waals surface area contributed by atoms with Gasteiger partial charge in [0.05, 0.1) is 27.3 Å². The number of hydrogen-bond acceptors (Lipinski definition) is 5. The van der Waals surface area contributed by atoms with Gasteiger partial charge in [-0.1, -0.05) is 24.3 Å². The molecular weight excluding hydrogens is 527 g/mol. The summed E-state index contributed by atoms with van der Waals surface area (Å²) < 4.78 is 10.6. The maximum absolute atomic E-state index is 11.9. The van der Waals surface area contributed by atoms with Crippen molar-refractivity contribution in [1.82, 2.24) is 15.5 Å². The van der Waals surface area contributed by atoms with Crippen molar-refractivity contribution in [2.75, 3.05) is 47.2 Å². The first kappa shape index (κ1) is 26.9. The molecule has 0 aliphatic carbocycles. The maximum atomic E-state index is 11.9. The minimum atomic E-state index is -0.0192. The highest BCUT2D eigenvalue weighted by atomic mass is 127. The number of rotatable bonds is 10. The van der Waals surface area contributed by atoms with Crippen LogP contribution in [0.2, 0.25) is 0 Å². The van der Waals surface area contributed by atoms with Gasteiger partial charge in [-0.25, -0.2) is 4.99 Å². The van der Waals surface area contributed by atoms with E-state index >= 15 is 0 Å². The van der Waals surface area contributed by atoms with Crippen molar-refractivity contribution in [1.29, 1.82) is 0 Å². The zero-order chi connectivity index (χ0) is 21.8. The topological polar surface area (TPSA) is 75.2 Å². The van der Waals surface area contributed by atoms with Crippen LogP contribution >= 0.6 is 35.7 Å². The van der Waals surface area contributed by atoms with E-state index in [1.165, 1.54) is 4.90 Å². The van der Waals surface area contributed by atoms with Gasteiger partial charge in [-0.05, 0) is 29.8 Å². The number of thioether (sulfide) groups is 1. The molecule has 0 atom stereocenters. The fourth-order valence-electron chi connectivity index (χ4n) is 2.50. The Morgan fingerprint density at radius 1 is 1.03 bits per heavy atom. The van der Waals surface area contributed by atoms with Gasteiger partial charge in [0.15, 0.2) is 17.5 Å². The normalized spacial score (nSPS) is 10.6. The van der Waals surface area contributed by atoms with Crippen molar-refractivity contribution in [3.63, 3.8) is 0 Å². The number of hydrogen-bond donors (Lipinski definition) is 2. The molecule has 2 aromatic carbocycles. The highest BCUT2D eigenvalue weighted by molar-refractivity contribution is 14.0. The molecule has 0 spiro atoms. The van der Waals surface area contributed by atoms with E-state index in [2.05, 4.69) is 27.8 Å². The van der Waals surface area contributed by atoms with Crippen molar-refractivity contribution in [2.24, 2.45) is 4.99 Å². The fourth-order valence-corrected chi connectivity index (χ4v) is 3.29. The summed E-state index contributed by atoms with van der Waals surface area (Å²) in [5.41, 5.74) is 0.978. The average molecular weight is 558 g/mol. The van der Waals surface area contributed by atoms with E-state index in [1.54, 1.807) is 45.0 Å². The lowest BCUT2D eigenvalue weighted by Gasteiger charge is -2.15. The smallest absolute Gasteiger partial charge is 0.241 e. The van der Waals surface area contributed by atoms with Crippen LogP contribution < -0.4 is 20.1 Å². The summed E-state index contributed by atoms with van der Waals surface area (Å²) in [6.45, 7) is 1.34. The quantitative estimate of drug-likeness (QED) is 0.153. The predicted octanol–water partition coefficient (Wildman–Crippen LogP) is 3.24. The van der Waals surface area contributed by atoms with Gasteiger partial charge >= 0.3 is 0 Å². The number of amides is 1. The van der Waals surface area contributed by atoms with E-state index in [4.69, 9.17) is 9.47 Å². The number of guanidine groups is 1. The lowest BCUT2D eigenvalue weighted by Crippen LogP contribution is -2.43. The fraction of sp³-hybridized carbons (Fsp3) is 0.364. The predicted molar refractivity (Wildman–Crippen MR) is 138 cm³/mol. The molecule has 170 valence electrons. The van der Waals surface area contributed by atoms with Crippen LogP contribution in [0, 0.1) is 0 Å². The number of carbonyl (C=O) groups excluding carboxylic acids is 1. The summed E-state index contributed by atoms with van der Waals surface area (Å²) in [5.74, 6) is 2.79. The number of benzene rings is 2. The van der Waals surface area contributed by atoms with E-state index in [0.29, 0.717) is 30.5 Å². The third-order valence-electron chi connectivity index (χ3n) is 4.18. The largest absolute Gasteiger partial charge is 0.493 e. The molecule has 0 fully saturated rings. The van der Waals surface area contributed by atoms with Gasteiger partial charge in [0, 0.05) is 31.3 Å².